The van der Waals surface area contributed by atoms with Crippen molar-refractivity contribution in [1.29, 1.82) is 0 Å². The van der Waals surface area contributed by atoms with Crippen molar-refractivity contribution in [2.75, 3.05) is 11.8 Å². The first-order valence-corrected chi connectivity index (χ1v) is 8.35. The van der Waals surface area contributed by atoms with Gasteiger partial charge in [-0.3, -0.25) is 4.68 Å². The Balaban J connectivity index is 2.39. The molecule has 2 rings (SSSR count). The van der Waals surface area contributed by atoms with E-state index in [0.29, 0.717) is 23.2 Å². The van der Waals surface area contributed by atoms with E-state index in [4.69, 9.17) is 34.8 Å². The van der Waals surface area contributed by atoms with Crippen LogP contribution in [0.2, 0.25) is 5.02 Å². The maximum atomic E-state index is 6.35. The summed E-state index contributed by atoms with van der Waals surface area (Å²) in [6.45, 7) is 2.94. The maximum absolute atomic E-state index is 6.35. The molecule has 114 valence electrons. The fourth-order valence-electron chi connectivity index (χ4n) is 2.39. The quantitative estimate of drug-likeness (QED) is 0.700. The molecule has 21 heavy (non-hydrogen) atoms. The first kappa shape index (κ1) is 16.6. The first-order valence-electron chi connectivity index (χ1n) is 6.90. The van der Waals surface area contributed by atoms with E-state index in [2.05, 4.69) is 17.0 Å². The zero-order valence-corrected chi connectivity index (χ0v) is 14.2. The maximum Gasteiger partial charge on any atom is 0.138 e. The van der Waals surface area contributed by atoms with Gasteiger partial charge < -0.3 is 0 Å². The second kappa shape index (κ2) is 7.48. The van der Waals surface area contributed by atoms with Crippen LogP contribution in [0.1, 0.15) is 24.7 Å². The largest absolute Gasteiger partial charge is 0.250 e. The first-order chi connectivity index (χ1) is 10.2. The number of halogens is 3. The average Bonchev–Trinajstić information content (AvgIpc) is 2.93. The van der Waals surface area contributed by atoms with Gasteiger partial charge in [-0.05, 0) is 18.1 Å². The number of hydrogen-bond acceptors (Lipinski definition) is 2. The van der Waals surface area contributed by atoms with Gasteiger partial charge in [-0.1, -0.05) is 36.7 Å². The van der Waals surface area contributed by atoms with Crippen LogP contribution in [0.5, 0.6) is 0 Å². The molecule has 1 aromatic carbocycles. The van der Waals surface area contributed by atoms with Crippen molar-refractivity contribution >= 4 is 34.8 Å². The molecule has 0 amide bonds. The Hall–Kier alpha value is -0.770. The molecular formula is C15H18Cl3N3. The Bertz CT molecular complexity index is 579. The van der Waals surface area contributed by atoms with Crippen LogP contribution in [0.25, 0.3) is 0 Å². The molecule has 0 bridgehead atoms. The molecule has 0 unspecified atom stereocenters. The molecule has 0 atom stereocenters. The zero-order chi connectivity index (χ0) is 15.3. The van der Waals surface area contributed by atoms with Crippen molar-refractivity contribution in [1.82, 2.24) is 14.8 Å². The summed E-state index contributed by atoms with van der Waals surface area (Å²) in [7, 11) is 0. The SMILES string of the molecule is CCCn1ncnc1CC(CCl)(CCl)c1ccccc1Cl. The lowest BCUT2D eigenvalue weighted by molar-refractivity contribution is 0.481. The normalized spacial score (nSPS) is 11.8. The topological polar surface area (TPSA) is 30.7 Å². The van der Waals surface area contributed by atoms with Gasteiger partial charge in [0.25, 0.3) is 0 Å². The van der Waals surface area contributed by atoms with E-state index in [1.165, 1.54) is 0 Å². The number of hydrogen-bond donors (Lipinski definition) is 0. The lowest BCUT2D eigenvalue weighted by Gasteiger charge is -2.30. The standard InChI is InChI=1S/C15H18Cl3N3/c1-2-7-21-14(19-11-20-21)8-15(9-16,10-17)12-5-3-4-6-13(12)18/h3-6,11H,2,7-10H2,1H3. The Morgan fingerprint density at radius 3 is 2.52 bits per heavy atom. The van der Waals surface area contributed by atoms with Gasteiger partial charge in [0.15, 0.2) is 0 Å². The van der Waals surface area contributed by atoms with Gasteiger partial charge in [0.1, 0.15) is 12.2 Å². The zero-order valence-electron chi connectivity index (χ0n) is 11.9. The van der Waals surface area contributed by atoms with Gasteiger partial charge in [0.05, 0.1) is 0 Å². The highest BCUT2D eigenvalue weighted by atomic mass is 35.5. The summed E-state index contributed by atoms with van der Waals surface area (Å²) in [4.78, 5) is 4.36. The van der Waals surface area contributed by atoms with E-state index in [9.17, 15) is 0 Å². The average molecular weight is 347 g/mol. The van der Waals surface area contributed by atoms with Crippen LogP contribution in [0, 0.1) is 0 Å². The fourth-order valence-corrected chi connectivity index (χ4v) is 3.49. The third-order valence-corrected chi connectivity index (χ3v) is 4.94. The number of aromatic nitrogens is 3. The summed E-state index contributed by atoms with van der Waals surface area (Å²) in [6, 6.07) is 7.69. The molecule has 0 aliphatic rings. The van der Waals surface area contributed by atoms with Crippen LogP contribution in [0.3, 0.4) is 0 Å². The lowest BCUT2D eigenvalue weighted by atomic mass is 9.80. The highest BCUT2D eigenvalue weighted by Gasteiger charge is 2.34. The van der Waals surface area contributed by atoms with Gasteiger partial charge in [-0.2, -0.15) is 5.10 Å². The van der Waals surface area contributed by atoms with Crippen LogP contribution in [0.4, 0.5) is 0 Å². The molecule has 0 aliphatic carbocycles. The second-order valence-electron chi connectivity index (χ2n) is 5.10. The lowest BCUT2D eigenvalue weighted by Crippen LogP contribution is -2.35. The van der Waals surface area contributed by atoms with Crippen molar-refractivity contribution in [3.05, 3.63) is 47.0 Å². The summed E-state index contributed by atoms with van der Waals surface area (Å²) in [5, 5.41) is 4.94. The van der Waals surface area contributed by atoms with Gasteiger partial charge in [0.2, 0.25) is 0 Å². The minimum atomic E-state index is -0.444. The van der Waals surface area contributed by atoms with Crippen LogP contribution in [-0.4, -0.2) is 26.5 Å². The number of benzene rings is 1. The number of aryl methyl sites for hydroxylation is 1. The molecule has 2 aromatic rings. The van der Waals surface area contributed by atoms with Crippen molar-refractivity contribution in [3.8, 4) is 0 Å². The summed E-state index contributed by atoms with van der Waals surface area (Å²) in [5.41, 5.74) is 0.516. The Morgan fingerprint density at radius 1 is 1.19 bits per heavy atom. The van der Waals surface area contributed by atoms with Crippen molar-refractivity contribution < 1.29 is 0 Å². The van der Waals surface area contributed by atoms with E-state index >= 15 is 0 Å². The smallest absolute Gasteiger partial charge is 0.138 e. The highest BCUT2D eigenvalue weighted by Crippen LogP contribution is 2.35. The Kier molecular flexibility index (Phi) is 5.91. The van der Waals surface area contributed by atoms with E-state index in [-0.39, 0.29) is 0 Å². The van der Waals surface area contributed by atoms with E-state index < -0.39 is 5.41 Å². The van der Waals surface area contributed by atoms with Gasteiger partial charge in [-0.15, -0.1) is 23.2 Å². The molecule has 0 fully saturated rings. The summed E-state index contributed by atoms with van der Waals surface area (Å²) in [5.74, 6) is 1.64. The third-order valence-electron chi connectivity index (χ3n) is 3.58. The molecule has 0 N–H and O–H groups in total. The van der Waals surface area contributed by atoms with Crippen molar-refractivity contribution in [2.45, 2.75) is 31.7 Å². The molecule has 1 heterocycles. The number of nitrogens with zero attached hydrogens (tertiary/aromatic N) is 3. The molecule has 0 saturated carbocycles. The van der Waals surface area contributed by atoms with Crippen molar-refractivity contribution in [2.24, 2.45) is 0 Å². The Morgan fingerprint density at radius 2 is 1.90 bits per heavy atom. The highest BCUT2D eigenvalue weighted by molar-refractivity contribution is 6.32. The van der Waals surface area contributed by atoms with Crippen LogP contribution in [-0.2, 0) is 18.4 Å². The number of rotatable bonds is 7. The monoisotopic (exact) mass is 345 g/mol. The minimum absolute atomic E-state index is 0.374. The van der Waals surface area contributed by atoms with E-state index in [1.807, 2.05) is 28.9 Å². The molecule has 6 heteroatoms. The third kappa shape index (κ3) is 3.53. The van der Waals surface area contributed by atoms with Gasteiger partial charge in [-0.25, -0.2) is 4.98 Å². The van der Waals surface area contributed by atoms with Gasteiger partial charge >= 0.3 is 0 Å². The molecule has 1 aromatic heterocycles. The van der Waals surface area contributed by atoms with E-state index in [1.54, 1.807) is 6.33 Å². The van der Waals surface area contributed by atoms with Crippen LogP contribution >= 0.6 is 34.8 Å². The van der Waals surface area contributed by atoms with Crippen LogP contribution in [0.15, 0.2) is 30.6 Å². The molecule has 3 nitrogen and oxygen atoms in total. The van der Waals surface area contributed by atoms with Crippen LogP contribution < -0.4 is 0 Å². The van der Waals surface area contributed by atoms with Gasteiger partial charge in [0, 0.05) is 35.2 Å². The number of alkyl halides is 2. The fraction of sp³-hybridized carbons (Fsp3) is 0.467. The minimum Gasteiger partial charge on any atom is -0.250 e. The predicted molar refractivity (Wildman–Crippen MR) is 88.6 cm³/mol. The molecule has 0 aliphatic heterocycles. The second-order valence-corrected chi connectivity index (χ2v) is 6.05. The Labute approximate surface area is 140 Å². The molecule has 0 saturated heterocycles. The summed E-state index contributed by atoms with van der Waals surface area (Å²) >= 11 is 18.9. The summed E-state index contributed by atoms with van der Waals surface area (Å²) in [6.07, 6.45) is 3.19. The van der Waals surface area contributed by atoms with E-state index in [0.717, 1.165) is 24.4 Å². The summed E-state index contributed by atoms with van der Waals surface area (Å²) < 4.78 is 1.91. The molecular weight excluding hydrogens is 329 g/mol. The van der Waals surface area contributed by atoms with Crippen molar-refractivity contribution in [3.63, 3.8) is 0 Å². The predicted octanol–water partition coefficient (Wildman–Crippen LogP) is 4.30. The molecule has 0 radical (unpaired) electrons. The molecule has 0 spiro atoms.